The monoisotopic (exact) mass is 289 g/mol. The molecule has 0 spiro atoms. The number of rotatable bonds is 5. The van der Waals surface area contributed by atoms with Gasteiger partial charge in [-0.25, -0.2) is 0 Å². The highest BCUT2D eigenvalue weighted by Crippen LogP contribution is 2.21. The fourth-order valence-electron chi connectivity index (χ4n) is 1.83. The standard InChI is InChI=1S/C14H21Cl2NO/c1-14(2,3)7-12(18)9-17-8-10-6-11(15)4-5-13(10)16/h4-6,12,17-18H,7-9H2,1-3H3. The summed E-state index contributed by atoms with van der Waals surface area (Å²) in [7, 11) is 0. The van der Waals surface area contributed by atoms with Gasteiger partial charge in [-0.2, -0.15) is 0 Å². The summed E-state index contributed by atoms with van der Waals surface area (Å²) in [6, 6.07) is 5.39. The number of benzene rings is 1. The lowest BCUT2D eigenvalue weighted by molar-refractivity contribution is 0.119. The second-order valence-corrected chi connectivity index (χ2v) is 6.63. The van der Waals surface area contributed by atoms with Crippen molar-refractivity contribution in [2.75, 3.05) is 6.54 Å². The third kappa shape index (κ3) is 6.05. The second-order valence-electron chi connectivity index (χ2n) is 5.79. The Balaban J connectivity index is 2.40. The van der Waals surface area contributed by atoms with Gasteiger partial charge in [-0.05, 0) is 35.6 Å². The van der Waals surface area contributed by atoms with Gasteiger partial charge >= 0.3 is 0 Å². The molecule has 0 radical (unpaired) electrons. The summed E-state index contributed by atoms with van der Waals surface area (Å²) in [6.07, 6.45) is 0.423. The molecule has 1 unspecified atom stereocenters. The van der Waals surface area contributed by atoms with Gasteiger partial charge in [-0.1, -0.05) is 44.0 Å². The summed E-state index contributed by atoms with van der Waals surface area (Å²) in [5.74, 6) is 0. The van der Waals surface area contributed by atoms with Gasteiger partial charge in [0, 0.05) is 23.1 Å². The lowest BCUT2D eigenvalue weighted by Crippen LogP contribution is -2.29. The van der Waals surface area contributed by atoms with Crippen LogP contribution in [0.3, 0.4) is 0 Å². The van der Waals surface area contributed by atoms with Crippen molar-refractivity contribution in [2.45, 2.75) is 39.8 Å². The van der Waals surface area contributed by atoms with Crippen molar-refractivity contribution < 1.29 is 5.11 Å². The summed E-state index contributed by atoms with van der Waals surface area (Å²) < 4.78 is 0. The molecule has 102 valence electrons. The number of aliphatic hydroxyl groups is 1. The second kappa shape index (κ2) is 6.76. The maximum atomic E-state index is 9.87. The topological polar surface area (TPSA) is 32.3 Å². The van der Waals surface area contributed by atoms with E-state index in [0.29, 0.717) is 23.1 Å². The molecule has 0 aliphatic heterocycles. The van der Waals surface area contributed by atoms with Gasteiger partial charge in [-0.15, -0.1) is 0 Å². The normalized spacial score (nSPS) is 13.7. The van der Waals surface area contributed by atoms with Crippen LogP contribution in [0.15, 0.2) is 18.2 Å². The minimum absolute atomic E-state index is 0.134. The van der Waals surface area contributed by atoms with Crippen molar-refractivity contribution >= 4 is 23.2 Å². The molecule has 2 nitrogen and oxygen atoms in total. The molecule has 1 atom stereocenters. The first kappa shape index (κ1) is 15.8. The molecule has 0 amide bonds. The summed E-state index contributed by atoms with van der Waals surface area (Å²) >= 11 is 12.0. The third-order valence-electron chi connectivity index (χ3n) is 2.55. The molecule has 4 heteroatoms. The van der Waals surface area contributed by atoms with Crippen LogP contribution >= 0.6 is 23.2 Å². The van der Waals surface area contributed by atoms with Crippen molar-refractivity contribution in [1.29, 1.82) is 0 Å². The first-order valence-electron chi connectivity index (χ1n) is 6.10. The lowest BCUT2D eigenvalue weighted by Gasteiger charge is -2.22. The molecule has 0 saturated carbocycles. The minimum atomic E-state index is -0.344. The Labute approximate surface area is 119 Å². The zero-order valence-corrected chi connectivity index (χ0v) is 12.6. The Morgan fingerprint density at radius 2 is 1.94 bits per heavy atom. The van der Waals surface area contributed by atoms with Crippen LogP contribution in [0.4, 0.5) is 0 Å². The summed E-state index contributed by atoms with van der Waals surface area (Å²) in [6.45, 7) is 7.51. The van der Waals surface area contributed by atoms with Crippen molar-refractivity contribution in [3.8, 4) is 0 Å². The fourth-order valence-corrected chi connectivity index (χ4v) is 2.21. The molecule has 0 saturated heterocycles. The smallest absolute Gasteiger partial charge is 0.0669 e. The van der Waals surface area contributed by atoms with Gasteiger partial charge in [0.05, 0.1) is 6.10 Å². The molecular weight excluding hydrogens is 269 g/mol. The predicted octanol–water partition coefficient (Wildman–Crippen LogP) is 3.88. The summed E-state index contributed by atoms with van der Waals surface area (Å²) in [5.41, 5.74) is 1.08. The average Bonchev–Trinajstić information content (AvgIpc) is 2.20. The van der Waals surface area contributed by atoms with Gasteiger partial charge in [-0.3, -0.25) is 0 Å². The van der Waals surface area contributed by atoms with E-state index in [1.54, 1.807) is 12.1 Å². The van der Waals surface area contributed by atoms with Crippen LogP contribution in [0.25, 0.3) is 0 Å². The average molecular weight is 290 g/mol. The van der Waals surface area contributed by atoms with E-state index in [9.17, 15) is 5.11 Å². The molecule has 0 aliphatic carbocycles. The molecule has 2 N–H and O–H groups in total. The first-order valence-corrected chi connectivity index (χ1v) is 6.86. The van der Waals surface area contributed by atoms with E-state index in [2.05, 4.69) is 26.1 Å². The maximum absolute atomic E-state index is 9.87. The van der Waals surface area contributed by atoms with E-state index in [4.69, 9.17) is 23.2 Å². The van der Waals surface area contributed by atoms with Gasteiger partial charge < -0.3 is 10.4 Å². The fraction of sp³-hybridized carbons (Fsp3) is 0.571. The molecule has 0 bridgehead atoms. The molecule has 1 aromatic carbocycles. The van der Waals surface area contributed by atoms with Crippen LogP contribution < -0.4 is 5.32 Å². The number of hydrogen-bond acceptors (Lipinski definition) is 2. The van der Waals surface area contributed by atoms with Crippen LogP contribution in [0.1, 0.15) is 32.8 Å². The van der Waals surface area contributed by atoms with Crippen LogP contribution in [0, 0.1) is 5.41 Å². The zero-order chi connectivity index (χ0) is 13.8. The molecule has 0 aliphatic rings. The third-order valence-corrected chi connectivity index (χ3v) is 3.15. The molecule has 1 aromatic rings. The SMILES string of the molecule is CC(C)(C)CC(O)CNCc1cc(Cl)ccc1Cl. The van der Waals surface area contributed by atoms with Crippen molar-refractivity contribution in [2.24, 2.45) is 5.41 Å². The Hall–Kier alpha value is -0.280. The van der Waals surface area contributed by atoms with Gasteiger partial charge in [0.2, 0.25) is 0 Å². The molecule has 0 heterocycles. The molecular formula is C14H21Cl2NO. The predicted molar refractivity (Wildman–Crippen MR) is 78.2 cm³/mol. The van der Waals surface area contributed by atoms with E-state index in [1.165, 1.54) is 0 Å². The number of hydrogen-bond donors (Lipinski definition) is 2. The van der Waals surface area contributed by atoms with Gasteiger partial charge in [0.15, 0.2) is 0 Å². The lowest BCUT2D eigenvalue weighted by atomic mass is 9.89. The Bertz CT molecular complexity index is 388. The molecule has 1 rings (SSSR count). The maximum Gasteiger partial charge on any atom is 0.0669 e. The van der Waals surface area contributed by atoms with Crippen LogP contribution in [0.5, 0.6) is 0 Å². The first-order chi connectivity index (χ1) is 8.28. The van der Waals surface area contributed by atoms with Crippen molar-refractivity contribution in [1.82, 2.24) is 5.32 Å². The number of halogens is 2. The Kier molecular flexibility index (Phi) is 5.93. The largest absolute Gasteiger partial charge is 0.392 e. The van der Waals surface area contributed by atoms with Gasteiger partial charge in [0.1, 0.15) is 0 Å². The molecule has 18 heavy (non-hydrogen) atoms. The number of aliphatic hydroxyl groups excluding tert-OH is 1. The van der Waals surface area contributed by atoms with E-state index in [-0.39, 0.29) is 11.5 Å². The van der Waals surface area contributed by atoms with Crippen molar-refractivity contribution in [3.05, 3.63) is 33.8 Å². The Morgan fingerprint density at radius 1 is 1.28 bits per heavy atom. The van der Waals surface area contributed by atoms with E-state index < -0.39 is 0 Å². The van der Waals surface area contributed by atoms with E-state index in [0.717, 1.165) is 12.0 Å². The highest BCUT2D eigenvalue weighted by molar-refractivity contribution is 6.33. The molecule has 0 aromatic heterocycles. The summed E-state index contributed by atoms with van der Waals surface area (Å²) in [4.78, 5) is 0. The molecule has 0 fully saturated rings. The van der Waals surface area contributed by atoms with Crippen molar-refractivity contribution in [3.63, 3.8) is 0 Å². The highest BCUT2D eigenvalue weighted by atomic mass is 35.5. The van der Waals surface area contributed by atoms with Crippen LogP contribution in [-0.4, -0.2) is 17.8 Å². The zero-order valence-electron chi connectivity index (χ0n) is 11.1. The van der Waals surface area contributed by atoms with Gasteiger partial charge in [0.25, 0.3) is 0 Å². The summed E-state index contributed by atoms with van der Waals surface area (Å²) in [5, 5.41) is 14.4. The minimum Gasteiger partial charge on any atom is -0.392 e. The van der Waals surface area contributed by atoms with Crippen LogP contribution in [-0.2, 0) is 6.54 Å². The quantitative estimate of drug-likeness (QED) is 0.862. The van der Waals surface area contributed by atoms with E-state index >= 15 is 0 Å². The number of nitrogens with one attached hydrogen (secondary N) is 1. The van der Waals surface area contributed by atoms with Crippen LogP contribution in [0.2, 0.25) is 10.0 Å². The highest BCUT2D eigenvalue weighted by Gasteiger charge is 2.16. The Morgan fingerprint density at radius 3 is 2.56 bits per heavy atom. The van der Waals surface area contributed by atoms with E-state index in [1.807, 2.05) is 6.07 Å².